The molecule has 0 amide bonds. The van der Waals surface area contributed by atoms with Gasteiger partial charge in [0, 0.05) is 45.3 Å². The predicted molar refractivity (Wildman–Crippen MR) is 102 cm³/mol. The molecule has 4 rings (SSSR count). The summed E-state index contributed by atoms with van der Waals surface area (Å²) in [7, 11) is -3.62. The number of benzene rings is 1. The van der Waals surface area contributed by atoms with Crippen molar-refractivity contribution in [3.05, 3.63) is 42.3 Å². The molecule has 0 spiro atoms. The van der Waals surface area contributed by atoms with Gasteiger partial charge in [0.2, 0.25) is 10.0 Å². The van der Waals surface area contributed by atoms with E-state index in [1.165, 1.54) is 28.6 Å². The highest BCUT2D eigenvalue weighted by atomic mass is 32.2. The van der Waals surface area contributed by atoms with Gasteiger partial charge in [0.25, 0.3) is 0 Å². The van der Waals surface area contributed by atoms with Gasteiger partial charge in [-0.15, -0.1) is 5.10 Å². The summed E-state index contributed by atoms with van der Waals surface area (Å²) in [6.07, 6.45) is 1.70. The van der Waals surface area contributed by atoms with Crippen LogP contribution in [0.2, 0.25) is 0 Å². The van der Waals surface area contributed by atoms with Crippen molar-refractivity contribution in [2.75, 3.05) is 62.3 Å². The molecule has 0 bridgehead atoms. The molecule has 0 unspecified atom stereocenters. The van der Waals surface area contributed by atoms with E-state index < -0.39 is 15.8 Å². The molecule has 0 aliphatic carbocycles. The lowest BCUT2D eigenvalue weighted by molar-refractivity contribution is 0.122. The molecule has 1 aromatic carbocycles. The first-order chi connectivity index (χ1) is 13.5. The molecule has 2 aliphatic heterocycles. The number of nitrogens with zero attached hydrogens (tertiary/aromatic N) is 5. The molecular formula is C18H22FN5O3S. The van der Waals surface area contributed by atoms with Crippen LogP contribution in [0.3, 0.4) is 0 Å². The monoisotopic (exact) mass is 407 g/mol. The minimum atomic E-state index is -3.62. The van der Waals surface area contributed by atoms with Crippen LogP contribution in [0.4, 0.5) is 15.9 Å². The minimum Gasteiger partial charge on any atom is -0.378 e. The van der Waals surface area contributed by atoms with Crippen LogP contribution in [-0.2, 0) is 14.8 Å². The summed E-state index contributed by atoms with van der Waals surface area (Å²) in [6, 6.07) is 6.93. The highest BCUT2D eigenvalue weighted by Gasteiger charge is 2.29. The molecular weight excluding hydrogens is 385 g/mol. The van der Waals surface area contributed by atoms with E-state index >= 15 is 0 Å². The fourth-order valence-electron chi connectivity index (χ4n) is 3.41. The third-order valence-corrected chi connectivity index (χ3v) is 6.93. The van der Waals surface area contributed by atoms with Gasteiger partial charge in [0.1, 0.15) is 5.82 Å². The number of morpholine rings is 1. The number of sulfonamides is 1. The first-order valence-corrected chi connectivity index (χ1v) is 10.6. The second-order valence-corrected chi connectivity index (χ2v) is 8.65. The SMILES string of the molecule is O=S(=O)(c1ccc(F)cc1)N1CCN(c2cnnc(N3CCOCC3)c2)CC1. The molecule has 0 saturated carbocycles. The third kappa shape index (κ3) is 3.94. The number of ether oxygens (including phenoxy) is 1. The van der Waals surface area contributed by atoms with Crippen molar-refractivity contribution in [1.82, 2.24) is 14.5 Å². The van der Waals surface area contributed by atoms with Crippen LogP contribution < -0.4 is 9.80 Å². The molecule has 3 heterocycles. The van der Waals surface area contributed by atoms with Gasteiger partial charge in [-0.1, -0.05) is 0 Å². The highest BCUT2D eigenvalue weighted by Crippen LogP contribution is 2.23. The first kappa shape index (κ1) is 19.0. The summed E-state index contributed by atoms with van der Waals surface area (Å²) in [6.45, 7) is 4.72. The van der Waals surface area contributed by atoms with Crippen LogP contribution in [-0.4, -0.2) is 75.4 Å². The summed E-state index contributed by atoms with van der Waals surface area (Å²) in [5.41, 5.74) is 0.926. The molecule has 8 nitrogen and oxygen atoms in total. The summed E-state index contributed by atoms with van der Waals surface area (Å²) < 4.78 is 45.4. The van der Waals surface area contributed by atoms with Gasteiger partial charge in [-0.05, 0) is 24.3 Å². The number of anilines is 2. The van der Waals surface area contributed by atoms with Crippen LogP contribution in [0.15, 0.2) is 41.4 Å². The van der Waals surface area contributed by atoms with Crippen molar-refractivity contribution < 1.29 is 17.5 Å². The Bertz CT molecular complexity index is 911. The van der Waals surface area contributed by atoms with Gasteiger partial charge in [-0.2, -0.15) is 9.40 Å². The van der Waals surface area contributed by atoms with E-state index in [0.717, 1.165) is 24.6 Å². The lowest BCUT2D eigenvalue weighted by Crippen LogP contribution is -2.48. The van der Waals surface area contributed by atoms with Crippen LogP contribution in [0.25, 0.3) is 0 Å². The molecule has 2 aliphatic rings. The lowest BCUT2D eigenvalue weighted by atomic mass is 10.3. The molecule has 10 heteroatoms. The van der Waals surface area contributed by atoms with Crippen molar-refractivity contribution in [3.63, 3.8) is 0 Å². The summed E-state index contributed by atoms with van der Waals surface area (Å²) >= 11 is 0. The largest absolute Gasteiger partial charge is 0.378 e. The Hall–Kier alpha value is -2.30. The average molecular weight is 407 g/mol. The van der Waals surface area contributed by atoms with Gasteiger partial charge in [-0.3, -0.25) is 0 Å². The summed E-state index contributed by atoms with van der Waals surface area (Å²) in [5.74, 6) is 0.354. The number of hydrogen-bond acceptors (Lipinski definition) is 7. The average Bonchev–Trinajstić information content (AvgIpc) is 2.75. The Kier molecular flexibility index (Phi) is 5.42. The second-order valence-electron chi connectivity index (χ2n) is 6.72. The van der Waals surface area contributed by atoms with Crippen LogP contribution in [0.5, 0.6) is 0 Å². The Morgan fingerprint density at radius 2 is 1.61 bits per heavy atom. The van der Waals surface area contributed by atoms with E-state index in [1.54, 1.807) is 6.20 Å². The second kappa shape index (κ2) is 7.98. The van der Waals surface area contributed by atoms with Gasteiger partial charge in [0.15, 0.2) is 5.82 Å². The third-order valence-electron chi connectivity index (χ3n) is 5.02. The number of hydrogen-bond donors (Lipinski definition) is 0. The van der Waals surface area contributed by atoms with E-state index in [2.05, 4.69) is 20.0 Å². The minimum absolute atomic E-state index is 0.113. The maximum Gasteiger partial charge on any atom is 0.243 e. The fraction of sp³-hybridized carbons (Fsp3) is 0.444. The van der Waals surface area contributed by atoms with E-state index in [-0.39, 0.29) is 4.90 Å². The van der Waals surface area contributed by atoms with Crippen molar-refractivity contribution in [3.8, 4) is 0 Å². The molecule has 0 radical (unpaired) electrons. The van der Waals surface area contributed by atoms with Gasteiger partial charge in [-0.25, -0.2) is 12.8 Å². The molecule has 2 aromatic rings. The molecule has 150 valence electrons. The Morgan fingerprint density at radius 1 is 0.929 bits per heavy atom. The maximum absolute atomic E-state index is 13.1. The van der Waals surface area contributed by atoms with Crippen molar-refractivity contribution in [1.29, 1.82) is 0 Å². The summed E-state index contributed by atoms with van der Waals surface area (Å²) in [4.78, 5) is 4.35. The van der Waals surface area contributed by atoms with E-state index in [0.29, 0.717) is 39.4 Å². The van der Waals surface area contributed by atoms with Crippen molar-refractivity contribution in [2.24, 2.45) is 0 Å². The highest BCUT2D eigenvalue weighted by molar-refractivity contribution is 7.89. The number of aromatic nitrogens is 2. The topological polar surface area (TPSA) is 78.9 Å². The quantitative estimate of drug-likeness (QED) is 0.747. The molecule has 2 fully saturated rings. The maximum atomic E-state index is 13.1. The first-order valence-electron chi connectivity index (χ1n) is 9.20. The zero-order valence-electron chi connectivity index (χ0n) is 15.4. The standard InChI is InChI=1S/C18H22FN5O3S/c19-15-1-3-17(4-2-15)28(25,26)24-7-5-22(6-8-24)16-13-18(21-20-14-16)23-9-11-27-12-10-23/h1-4,13-14H,5-12H2. The summed E-state index contributed by atoms with van der Waals surface area (Å²) in [5, 5.41) is 8.33. The molecule has 0 atom stereocenters. The predicted octanol–water partition coefficient (Wildman–Crippen LogP) is 0.963. The van der Waals surface area contributed by atoms with Gasteiger partial charge >= 0.3 is 0 Å². The van der Waals surface area contributed by atoms with E-state index in [9.17, 15) is 12.8 Å². The van der Waals surface area contributed by atoms with Gasteiger partial charge in [0.05, 0.1) is 30.0 Å². The molecule has 28 heavy (non-hydrogen) atoms. The van der Waals surface area contributed by atoms with Crippen LogP contribution >= 0.6 is 0 Å². The molecule has 1 aromatic heterocycles. The fourth-order valence-corrected chi connectivity index (χ4v) is 4.83. The zero-order chi connectivity index (χ0) is 19.6. The smallest absolute Gasteiger partial charge is 0.243 e. The van der Waals surface area contributed by atoms with Crippen LogP contribution in [0.1, 0.15) is 0 Å². The number of halogens is 1. The number of piperazine rings is 1. The van der Waals surface area contributed by atoms with Crippen molar-refractivity contribution in [2.45, 2.75) is 4.90 Å². The van der Waals surface area contributed by atoms with Crippen LogP contribution in [0, 0.1) is 5.82 Å². The Balaban J connectivity index is 1.43. The van der Waals surface area contributed by atoms with E-state index in [1.807, 2.05) is 6.07 Å². The normalized spacial score (nSPS) is 19.0. The Morgan fingerprint density at radius 3 is 2.29 bits per heavy atom. The van der Waals surface area contributed by atoms with E-state index in [4.69, 9.17) is 4.74 Å². The lowest BCUT2D eigenvalue weighted by Gasteiger charge is -2.35. The molecule has 0 N–H and O–H groups in total. The Labute approximate surface area is 163 Å². The zero-order valence-corrected chi connectivity index (χ0v) is 16.2. The molecule has 2 saturated heterocycles. The van der Waals surface area contributed by atoms with Crippen molar-refractivity contribution >= 4 is 21.5 Å². The number of rotatable bonds is 4. The van der Waals surface area contributed by atoms with Gasteiger partial charge < -0.3 is 14.5 Å².